The number of likely N-dealkylation sites (tertiary alicyclic amines) is 1. The summed E-state index contributed by atoms with van der Waals surface area (Å²) in [6.45, 7) is 0.545. The van der Waals surface area contributed by atoms with E-state index in [4.69, 9.17) is 14.0 Å². The van der Waals surface area contributed by atoms with Crippen LogP contribution in [0.1, 0.15) is 35.4 Å². The first-order valence-electron chi connectivity index (χ1n) is 8.95. The normalized spacial score (nSPS) is 20.4. The Balaban J connectivity index is 1.52. The molecule has 3 aromatic rings. The van der Waals surface area contributed by atoms with Crippen LogP contribution < -0.4 is 0 Å². The van der Waals surface area contributed by atoms with Gasteiger partial charge in [-0.05, 0) is 30.7 Å². The predicted molar refractivity (Wildman–Crippen MR) is 93.1 cm³/mol. The van der Waals surface area contributed by atoms with Crippen molar-refractivity contribution in [3.8, 4) is 11.4 Å². The Kier molecular flexibility index (Phi) is 5.15. The topological polar surface area (TPSA) is 95.8 Å². The molecule has 4 rings (SSSR count). The van der Waals surface area contributed by atoms with Crippen LogP contribution in [0.5, 0.6) is 0 Å². The Morgan fingerprint density at radius 2 is 1.83 bits per heavy atom. The molecular weight excluding hydrogens is 391 g/mol. The highest BCUT2D eigenvalue weighted by Crippen LogP contribution is 2.34. The van der Waals surface area contributed by atoms with Crippen LogP contribution >= 0.6 is 0 Å². The van der Waals surface area contributed by atoms with Crippen molar-refractivity contribution in [1.29, 1.82) is 0 Å². The smallest absolute Gasteiger partial charge is 0.416 e. The maximum Gasteiger partial charge on any atom is 0.416 e. The van der Waals surface area contributed by atoms with Gasteiger partial charge >= 0.3 is 6.18 Å². The maximum absolute atomic E-state index is 12.7. The number of aliphatic hydroxyl groups excluding tert-OH is 2. The molecule has 10 heteroatoms. The highest BCUT2D eigenvalue weighted by Gasteiger charge is 2.36. The minimum Gasteiger partial charge on any atom is -0.462 e. The third kappa shape index (κ3) is 4.19. The number of hydrogen-bond acceptors (Lipinski definition) is 7. The average Bonchev–Trinajstić information content (AvgIpc) is 3.41. The van der Waals surface area contributed by atoms with Gasteiger partial charge in [-0.3, -0.25) is 4.90 Å². The van der Waals surface area contributed by atoms with Gasteiger partial charge in [-0.25, -0.2) is 0 Å². The summed E-state index contributed by atoms with van der Waals surface area (Å²) in [7, 11) is 0. The van der Waals surface area contributed by atoms with Crippen LogP contribution in [-0.4, -0.2) is 37.9 Å². The molecule has 0 radical (unpaired) electrons. The van der Waals surface area contributed by atoms with Crippen molar-refractivity contribution in [3.63, 3.8) is 0 Å². The largest absolute Gasteiger partial charge is 0.462 e. The molecule has 1 aromatic carbocycles. The Hall–Kier alpha value is -2.69. The second kappa shape index (κ2) is 7.62. The highest BCUT2D eigenvalue weighted by molar-refractivity contribution is 5.54. The lowest BCUT2D eigenvalue weighted by Gasteiger charge is -2.19. The van der Waals surface area contributed by atoms with E-state index in [1.807, 2.05) is 4.90 Å². The van der Waals surface area contributed by atoms with E-state index < -0.39 is 17.8 Å². The van der Waals surface area contributed by atoms with E-state index in [1.165, 1.54) is 12.1 Å². The molecule has 0 bridgehead atoms. The number of alkyl halides is 3. The molecule has 0 unspecified atom stereocenters. The van der Waals surface area contributed by atoms with Gasteiger partial charge in [0.2, 0.25) is 11.7 Å². The lowest BCUT2D eigenvalue weighted by Crippen LogP contribution is -2.24. The summed E-state index contributed by atoms with van der Waals surface area (Å²) in [6.07, 6.45) is -4.63. The number of nitrogens with zero attached hydrogens (tertiary/aromatic N) is 3. The minimum absolute atomic E-state index is 0.177. The Bertz CT molecular complexity index is 968. The Morgan fingerprint density at radius 3 is 2.48 bits per heavy atom. The first-order valence-corrected chi connectivity index (χ1v) is 8.95. The number of rotatable bonds is 5. The average molecular weight is 409 g/mol. The van der Waals surface area contributed by atoms with E-state index in [-0.39, 0.29) is 24.4 Å². The van der Waals surface area contributed by atoms with Crippen LogP contribution in [0.2, 0.25) is 0 Å². The lowest BCUT2D eigenvalue weighted by molar-refractivity contribution is -0.137. The van der Waals surface area contributed by atoms with Crippen LogP contribution in [-0.2, 0) is 19.3 Å². The number of aromatic nitrogens is 2. The molecule has 7 nitrogen and oxygen atoms in total. The molecule has 2 atom stereocenters. The molecule has 2 aromatic heterocycles. The zero-order chi connectivity index (χ0) is 20.6. The molecule has 0 spiro atoms. The fourth-order valence-corrected chi connectivity index (χ4v) is 3.40. The molecule has 1 fully saturated rings. The monoisotopic (exact) mass is 409 g/mol. The van der Waals surface area contributed by atoms with Crippen molar-refractivity contribution >= 4 is 0 Å². The summed E-state index contributed by atoms with van der Waals surface area (Å²) in [5, 5.41) is 23.1. The molecule has 1 saturated heterocycles. The number of aliphatic hydroxyl groups is 2. The summed E-state index contributed by atoms with van der Waals surface area (Å²) in [5.74, 6) is 1.51. The second-order valence-electron chi connectivity index (χ2n) is 6.89. The Labute approximate surface area is 163 Å². The third-order valence-corrected chi connectivity index (χ3v) is 4.81. The zero-order valence-electron chi connectivity index (χ0n) is 15.1. The molecule has 0 saturated carbocycles. The first kappa shape index (κ1) is 19.6. The molecule has 0 aliphatic carbocycles. The van der Waals surface area contributed by atoms with Gasteiger partial charge in [0.1, 0.15) is 18.1 Å². The van der Waals surface area contributed by atoms with Gasteiger partial charge in [0.05, 0.1) is 24.3 Å². The molecule has 2 N–H and O–H groups in total. The van der Waals surface area contributed by atoms with Gasteiger partial charge < -0.3 is 19.2 Å². The van der Waals surface area contributed by atoms with Crippen molar-refractivity contribution in [2.75, 3.05) is 6.54 Å². The van der Waals surface area contributed by atoms with Crippen molar-refractivity contribution < 1.29 is 32.3 Å². The summed E-state index contributed by atoms with van der Waals surface area (Å²) in [4.78, 5) is 6.23. The number of furan rings is 1. The van der Waals surface area contributed by atoms with Crippen LogP contribution in [0.25, 0.3) is 11.4 Å². The van der Waals surface area contributed by atoms with Crippen LogP contribution in [0.3, 0.4) is 0 Å². The van der Waals surface area contributed by atoms with Gasteiger partial charge in [0.15, 0.2) is 0 Å². The summed E-state index contributed by atoms with van der Waals surface area (Å²) in [6, 6.07) is 7.57. The number of halogens is 3. The quantitative estimate of drug-likeness (QED) is 0.668. The predicted octanol–water partition coefficient (Wildman–Crippen LogP) is 3.15. The SMILES string of the molecule is OCc1ccc(CN2C[C@H](O)C[C@@H]2c2nc(-c3ccc(C(F)(F)F)cc3)no2)o1. The van der Waals surface area contributed by atoms with Crippen LogP contribution in [0, 0.1) is 0 Å². The van der Waals surface area contributed by atoms with E-state index in [9.17, 15) is 18.3 Å². The molecule has 3 heterocycles. The van der Waals surface area contributed by atoms with Crippen LogP contribution in [0.15, 0.2) is 45.3 Å². The van der Waals surface area contributed by atoms with Crippen molar-refractivity contribution in [1.82, 2.24) is 15.0 Å². The summed E-state index contributed by atoms with van der Waals surface area (Å²) < 4.78 is 49.0. The van der Waals surface area contributed by atoms with Gasteiger partial charge in [-0.15, -0.1) is 0 Å². The number of benzene rings is 1. The fraction of sp³-hybridized carbons (Fsp3) is 0.368. The molecule has 1 aliphatic heterocycles. The summed E-state index contributed by atoms with van der Waals surface area (Å²) >= 11 is 0. The van der Waals surface area contributed by atoms with Crippen LogP contribution in [0.4, 0.5) is 13.2 Å². The lowest BCUT2D eigenvalue weighted by atomic mass is 10.1. The zero-order valence-corrected chi connectivity index (χ0v) is 15.1. The van der Waals surface area contributed by atoms with E-state index >= 15 is 0 Å². The molecular formula is C19H18F3N3O4. The van der Waals surface area contributed by atoms with E-state index in [0.717, 1.165) is 12.1 Å². The summed E-state index contributed by atoms with van der Waals surface area (Å²) in [5.41, 5.74) is -0.354. The fourth-order valence-electron chi connectivity index (χ4n) is 3.40. The Morgan fingerprint density at radius 1 is 1.10 bits per heavy atom. The minimum atomic E-state index is -4.41. The van der Waals surface area contributed by atoms with Gasteiger partial charge in [-0.2, -0.15) is 18.2 Å². The van der Waals surface area contributed by atoms with E-state index in [2.05, 4.69) is 10.1 Å². The number of hydrogen-bond donors (Lipinski definition) is 2. The third-order valence-electron chi connectivity index (χ3n) is 4.81. The standard InChI is InChI=1S/C19H18F3N3O4/c20-19(21,22)12-3-1-11(2-4-12)17-23-18(29-24-17)16-7-13(27)8-25(16)9-14-5-6-15(10-26)28-14/h1-6,13,16,26-27H,7-10H2/t13-,16-/m1/s1. The van der Waals surface area contributed by atoms with Crippen molar-refractivity contribution in [2.45, 2.75) is 37.9 Å². The van der Waals surface area contributed by atoms with Gasteiger partial charge in [0, 0.05) is 12.1 Å². The van der Waals surface area contributed by atoms with Crippen molar-refractivity contribution in [3.05, 3.63) is 59.4 Å². The second-order valence-corrected chi connectivity index (χ2v) is 6.89. The van der Waals surface area contributed by atoms with Crippen molar-refractivity contribution in [2.24, 2.45) is 0 Å². The first-order chi connectivity index (χ1) is 13.8. The maximum atomic E-state index is 12.7. The molecule has 29 heavy (non-hydrogen) atoms. The number of β-amino-alcohol motifs (C(OH)–C–C–N with tert-alkyl or cyclic N) is 1. The van der Waals surface area contributed by atoms with Gasteiger partial charge in [-0.1, -0.05) is 17.3 Å². The highest BCUT2D eigenvalue weighted by atomic mass is 19.4. The van der Waals surface area contributed by atoms with Gasteiger partial charge in [0.25, 0.3) is 0 Å². The molecule has 154 valence electrons. The van der Waals surface area contributed by atoms with E-state index in [0.29, 0.717) is 36.6 Å². The molecule has 1 aliphatic rings. The van der Waals surface area contributed by atoms with E-state index in [1.54, 1.807) is 12.1 Å². The molecule has 0 amide bonds.